The Kier molecular flexibility index (Phi) is 2.75. The van der Waals surface area contributed by atoms with Gasteiger partial charge in [-0.25, -0.2) is 4.79 Å². The van der Waals surface area contributed by atoms with E-state index in [4.69, 9.17) is 5.73 Å². The summed E-state index contributed by atoms with van der Waals surface area (Å²) in [5.41, 5.74) is 5.73. The van der Waals surface area contributed by atoms with Crippen molar-refractivity contribution in [2.45, 2.75) is 6.54 Å². The number of nitrogens with two attached hydrogens (primary N) is 1. The molecule has 0 spiro atoms. The first-order chi connectivity index (χ1) is 9.66. The van der Waals surface area contributed by atoms with E-state index in [0.717, 1.165) is 10.1 Å². The number of hydrogen-bond acceptors (Lipinski definition) is 5. The normalized spacial score (nSPS) is 10.8. The van der Waals surface area contributed by atoms with E-state index in [0.29, 0.717) is 0 Å². The number of primary amides is 1. The highest BCUT2D eigenvalue weighted by Gasteiger charge is 2.14. The van der Waals surface area contributed by atoms with Crippen molar-refractivity contribution in [1.29, 1.82) is 0 Å². The van der Waals surface area contributed by atoms with Crippen molar-refractivity contribution in [3.8, 4) is 0 Å². The molecule has 2 heterocycles. The molecule has 8 heteroatoms. The van der Waals surface area contributed by atoms with Gasteiger partial charge in [0.25, 0.3) is 5.91 Å². The molecule has 0 radical (unpaired) electrons. The molecule has 1 amide bonds. The molecule has 0 atom stereocenters. The fourth-order valence-electron chi connectivity index (χ4n) is 1.85. The summed E-state index contributed by atoms with van der Waals surface area (Å²) in [6.07, 6.45) is 1.21. The summed E-state index contributed by atoms with van der Waals surface area (Å²) in [4.78, 5) is 23.3. The van der Waals surface area contributed by atoms with Crippen molar-refractivity contribution >= 4 is 11.6 Å². The standard InChI is InChI=1S/C12H10N6O2/c13-10(19)9-6-14-18-11(9)15-16-17(12(18)20)7-8-4-2-1-3-5-8/h1-6H,7H2,(H2,13,19). The summed E-state index contributed by atoms with van der Waals surface area (Å²) in [5, 5.41) is 11.5. The summed E-state index contributed by atoms with van der Waals surface area (Å²) < 4.78 is 2.18. The fourth-order valence-corrected chi connectivity index (χ4v) is 1.85. The molecule has 0 bridgehead atoms. The maximum atomic E-state index is 12.2. The maximum absolute atomic E-state index is 12.2. The summed E-state index contributed by atoms with van der Waals surface area (Å²) in [6.45, 7) is 0.272. The molecule has 100 valence electrons. The number of amides is 1. The molecular weight excluding hydrogens is 260 g/mol. The number of carbonyl (C=O) groups excluding carboxylic acids is 1. The summed E-state index contributed by atoms with van der Waals surface area (Å²) in [7, 11) is 0. The summed E-state index contributed by atoms with van der Waals surface area (Å²) in [5.74, 6) is -0.700. The van der Waals surface area contributed by atoms with E-state index in [9.17, 15) is 9.59 Å². The molecule has 1 aromatic carbocycles. The number of carbonyl (C=O) groups is 1. The van der Waals surface area contributed by atoms with Gasteiger partial charge in [-0.15, -0.1) is 5.10 Å². The van der Waals surface area contributed by atoms with Gasteiger partial charge < -0.3 is 5.73 Å². The van der Waals surface area contributed by atoms with Crippen LogP contribution in [0.15, 0.2) is 41.3 Å². The van der Waals surface area contributed by atoms with Gasteiger partial charge in [-0.2, -0.15) is 14.3 Å². The lowest BCUT2D eigenvalue weighted by Crippen LogP contribution is -2.31. The third-order valence-corrected chi connectivity index (χ3v) is 2.83. The van der Waals surface area contributed by atoms with Crippen molar-refractivity contribution in [2.75, 3.05) is 0 Å². The van der Waals surface area contributed by atoms with Crippen molar-refractivity contribution < 1.29 is 4.79 Å². The Morgan fingerprint density at radius 1 is 1.25 bits per heavy atom. The average Bonchev–Trinajstić information content (AvgIpc) is 2.88. The van der Waals surface area contributed by atoms with Crippen LogP contribution >= 0.6 is 0 Å². The molecular formula is C12H10N6O2. The van der Waals surface area contributed by atoms with Gasteiger partial charge in [-0.3, -0.25) is 4.79 Å². The van der Waals surface area contributed by atoms with E-state index in [2.05, 4.69) is 15.4 Å². The maximum Gasteiger partial charge on any atom is 0.368 e. The number of benzene rings is 1. The van der Waals surface area contributed by atoms with E-state index < -0.39 is 11.6 Å². The smallest absolute Gasteiger partial charge is 0.365 e. The zero-order valence-electron chi connectivity index (χ0n) is 10.3. The Balaban J connectivity index is 2.09. The van der Waals surface area contributed by atoms with Gasteiger partial charge in [-0.05, 0) is 5.56 Å². The predicted octanol–water partition coefficient (Wildman–Crippen LogP) is -0.567. The second-order valence-corrected chi connectivity index (χ2v) is 4.17. The SMILES string of the molecule is NC(=O)c1cnn2c(=O)n(Cc3ccccc3)nnc12. The van der Waals surface area contributed by atoms with Gasteiger partial charge in [0, 0.05) is 0 Å². The van der Waals surface area contributed by atoms with Crippen molar-refractivity contribution in [1.82, 2.24) is 24.6 Å². The highest BCUT2D eigenvalue weighted by molar-refractivity contribution is 5.98. The molecule has 3 aromatic rings. The van der Waals surface area contributed by atoms with Crippen LogP contribution in [0.4, 0.5) is 0 Å². The lowest BCUT2D eigenvalue weighted by Gasteiger charge is -2.03. The van der Waals surface area contributed by atoms with E-state index in [1.807, 2.05) is 30.3 Å². The zero-order valence-corrected chi connectivity index (χ0v) is 10.3. The highest BCUT2D eigenvalue weighted by atomic mass is 16.2. The molecule has 20 heavy (non-hydrogen) atoms. The molecule has 0 saturated heterocycles. The van der Waals surface area contributed by atoms with Crippen LogP contribution in [0.5, 0.6) is 0 Å². The van der Waals surface area contributed by atoms with Crippen LogP contribution in [0.2, 0.25) is 0 Å². The molecule has 3 rings (SSSR count). The minimum atomic E-state index is -0.700. The van der Waals surface area contributed by atoms with Gasteiger partial charge in [0.2, 0.25) is 0 Å². The topological polar surface area (TPSA) is 108 Å². The largest absolute Gasteiger partial charge is 0.368 e. The van der Waals surface area contributed by atoms with Crippen LogP contribution in [-0.4, -0.2) is 30.5 Å². The molecule has 0 aliphatic heterocycles. The van der Waals surface area contributed by atoms with Crippen molar-refractivity contribution in [2.24, 2.45) is 5.73 Å². The first kappa shape index (κ1) is 12.0. The molecule has 0 fully saturated rings. The second kappa shape index (κ2) is 4.57. The molecule has 0 aliphatic rings. The minimum Gasteiger partial charge on any atom is -0.365 e. The van der Waals surface area contributed by atoms with Crippen molar-refractivity contribution in [3.05, 3.63) is 58.1 Å². The Morgan fingerprint density at radius 3 is 2.70 bits per heavy atom. The molecule has 0 aliphatic carbocycles. The third-order valence-electron chi connectivity index (χ3n) is 2.83. The van der Waals surface area contributed by atoms with E-state index in [1.54, 1.807) is 0 Å². The molecule has 2 aromatic heterocycles. The Morgan fingerprint density at radius 2 is 2.00 bits per heavy atom. The Hall–Kier alpha value is -3.03. The van der Waals surface area contributed by atoms with Gasteiger partial charge in [0.1, 0.15) is 5.56 Å². The first-order valence-electron chi connectivity index (χ1n) is 5.82. The number of aromatic nitrogens is 5. The van der Waals surface area contributed by atoms with E-state index in [-0.39, 0.29) is 17.8 Å². The highest BCUT2D eigenvalue weighted by Crippen LogP contribution is 2.03. The van der Waals surface area contributed by atoms with Gasteiger partial charge in [0.15, 0.2) is 5.65 Å². The fraction of sp³-hybridized carbons (Fsp3) is 0.0833. The lowest BCUT2D eigenvalue weighted by molar-refractivity contribution is 0.100. The average molecular weight is 270 g/mol. The van der Waals surface area contributed by atoms with E-state index >= 15 is 0 Å². The van der Waals surface area contributed by atoms with Crippen LogP contribution in [-0.2, 0) is 6.54 Å². The van der Waals surface area contributed by atoms with Gasteiger partial charge in [-0.1, -0.05) is 35.5 Å². The van der Waals surface area contributed by atoms with Crippen LogP contribution in [0.25, 0.3) is 5.65 Å². The monoisotopic (exact) mass is 270 g/mol. The number of hydrogen-bond donors (Lipinski definition) is 1. The van der Waals surface area contributed by atoms with Crippen LogP contribution in [0.1, 0.15) is 15.9 Å². The van der Waals surface area contributed by atoms with Gasteiger partial charge >= 0.3 is 5.69 Å². The third kappa shape index (κ3) is 1.92. The van der Waals surface area contributed by atoms with Crippen LogP contribution < -0.4 is 11.4 Å². The molecule has 0 saturated carbocycles. The van der Waals surface area contributed by atoms with Crippen LogP contribution in [0, 0.1) is 0 Å². The number of fused-ring (bicyclic) bond motifs is 1. The predicted molar refractivity (Wildman–Crippen MR) is 69.1 cm³/mol. The Bertz CT molecular complexity index is 836. The van der Waals surface area contributed by atoms with E-state index in [1.165, 1.54) is 10.9 Å². The Labute approximate surface area is 112 Å². The van der Waals surface area contributed by atoms with Crippen molar-refractivity contribution in [3.63, 3.8) is 0 Å². The summed E-state index contributed by atoms with van der Waals surface area (Å²) >= 11 is 0. The van der Waals surface area contributed by atoms with Gasteiger partial charge in [0.05, 0.1) is 12.7 Å². The quantitative estimate of drug-likeness (QED) is 0.685. The molecule has 0 unspecified atom stereocenters. The lowest BCUT2D eigenvalue weighted by atomic mass is 10.2. The number of rotatable bonds is 3. The van der Waals surface area contributed by atoms with Crippen LogP contribution in [0.3, 0.4) is 0 Å². The molecule has 2 N–H and O–H groups in total. The summed E-state index contributed by atoms with van der Waals surface area (Å²) in [6, 6.07) is 9.36. The minimum absolute atomic E-state index is 0.0619. The number of nitrogens with zero attached hydrogens (tertiary/aromatic N) is 5. The molecule has 8 nitrogen and oxygen atoms in total. The zero-order chi connectivity index (χ0) is 14.1. The second-order valence-electron chi connectivity index (χ2n) is 4.17. The first-order valence-corrected chi connectivity index (χ1v) is 5.82.